The van der Waals surface area contributed by atoms with Crippen molar-refractivity contribution in [3.63, 3.8) is 0 Å². The summed E-state index contributed by atoms with van der Waals surface area (Å²) >= 11 is 0. The average molecular weight is 330 g/mol. The summed E-state index contributed by atoms with van der Waals surface area (Å²) in [5, 5.41) is 13.0. The minimum Gasteiger partial charge on any atom is -0.505 e. The Hall–Kier alpha value is -2.72. The molecule has 0 atom stereocenters. The molecule has 0 unspecified atom stereocenters. The van der Waals surface area contributed by atoms with Gasteiger partial charge in [-0.15, -0.1) is 12.4 Å². The molecule has 0 aliphatic heterocycles. The third-order valence-corrected chi connectivity index (χ3v) is 3.30. The molecule has 3 aromatic rings. The highest BCUT2D eigenvalue weighted by Gasteiger charge is 2.12. The van der Waals surface area contributed by atoms with Crippen molar-refractivity contribution in [1.29, 1.82) is 0 Å². The smallest absolute Gasteiger partial charge is 0.363 e. The monoisotopic (exact) mass is 329 g/mol. The largest absolute Gasteiger partial charge is 0.505 e. The molecule has 0 aliphatic carbocycles. The van der Waals surface area contributed by atoms with Crippen LogP contribution in [0.2, 0.25) is 0 Å². The Balaban J connectivity index is 0.00000192. The van der Waals surface area contributed by atoms with E-state index in [2.05, 4.69) is 5.32 Å². The minimum atomic E-state index is -0.588. The van der Waals surface area contributed by atoms with Gasteiger partial charge in [0.05, 0.1) is 0 Å². The highest BCUT2D eigenvalue weighted by Crippen LogP contribution is 2.26. The van der Waals surface area contributed by atoms with Gasteiger partial charge in [-0.3, -0.25) is 0 Å². The van der Waals surface area contributed by atoms with Gasteiger partial charge < -0.3 is 14.8 Å². The van der Waals surface area contributed by atoms with Gasteiger partial charge in [-0.2, -0.15) is 0 Å². The van der Waals surface area contributed by atoms with Crippen molar-refractivity contribution < 1.29 is 9.52 Å². The zero-order valence-electron chi connectivity index (χ0n) is 12.2. The lowest BCUT2D eigenvalue weighted by Crippen LogP contribution is -2.11. The third kappa shape index (κ3) is 3.93. The van der Waals surface area contributed by atoms with Gasteiger partial charge in [0.15, 0.2) is 5.69 Å². The summed E-state index contributed by atoms with van der Waals surface area (Å²) in [6, 6.07) is 20.3. The van der Waals surface area contributed by atoms with Crippen LogP contribution in [0.15, 0.2) is 75.9 Å². The van der Waals surface area contributed by atoms with Crippen LogP contribution in [0.1, 0.15) is 5.56 Å². The second-order valence-corrected chi connectivity index (χ2v) is 4.86. The van der Waals surface area contributed by atoms with Crippen LogP contribution in [0.4, 0.5) is 5.69 Å². The van der Waals surface area contributed by atoms with Crippen molar-refractivity contribution in [1.82, 2.24) is 0 Å². The highest BCUT2D eigenvalue weighted by molar-refractivity contribution is 5.85. The molecule has 0 saturated heterocycles. The van der Waals surface area contributed by atoms with E-state index in [1.54, 1.807) is 0 Å². The first kappa shape index (κ1) is 16.6. The second-order valence-electron chi connectivity index (χ2n) is 4.86. The normalized spacial score (nSPS) is 9.91. The molecule has 118 valence electrons. The van der Waals surface area contributed by atoms with Crippen molar-refractivity contribution in [3.8, 4) is 17.1 Å². The summed E-state index contributed by atoms with van der Waals surface area (Å²) < 4.78 is 5.29. The lowest BCUT2D eigenvalue weighted by molar-refractivity contribution is 0.456. The van der Waals surface area contributed by atoms with Crippen molar-refractivity contribution >= 4 is 18.1 Å². The topological polar surface area (TPSA) is 62.5 Å². The van der Waals surface area contributed by atoms with E-state index in [0.29, 0.717) is 12.3 Å². The Morgan fingerprint density at radius 1 is 0.957 bits per heavy atom. The van der Waals surface area contributed by atoms with Crippen LogP contribution in [0.3, 0.4) is 0 Å². The lowest BCUT2D eigenvalue weighted by Gasteiger charge is -2.08. The quantitative estimate of drug-likeness (QED) is 0.758. The van der Waals surface area contributed by atoms with Crippen LogP contribution >= 0.6 is 12.4 Å². The third-order valence-electron chi connectivity index (χ3n) is 3.30. The van der Waals surface area contributed by atoms with Gasteiger partial charge in [0, 0.05) is 18.2 Å². The SMILES string of the molecule is Cl.O=c1oc(-c2ccccc2)cc(O)c1NCc1ccccc1. The Labute approximate surface area is 139 Å². The van der Waals surface area contributed by atoms with Crippen molar-refractivity contribution in [3.05, 3.63) is 82.7 Å². The van der Waals surface area contributed by atoms with Gasteiger partial charge in [0.2, 0.25) is 0 Å². The van der Waals surface area contributed by atoms with E-state index in [9.17, 15) is 9.90 Å². The van der Waals surface area contributed by atoms with Crippen LogP contribution in [-0.4, -0.2) is 5.11 Å². The van der Waals surface area contributed by atoms with E-state index < -0.39 is 5.63 Å². The maximum atomic E-state index is 12.1. The number of nitrogens with one attached hydrogen (secondary N) is 1. The zero-order chi connectivity index (χ0) is 15.4. The molecule has 0 bridgehead atoms. The van der Waals surface area contributed by atoms with E-state index in [-0.39, 0.29) is 23.8 Å². The predicted octanol–water partition coefficient (Wildman–Crippen LogP) is 4.05. The van der Waals surface area contributed by atoms with Crippen LogP contribution < -0.4 is 10.9 Å². The minimum absolute atomic E-state index is 0. The van der Waals surface area contributed by atoms with Crippen molar-refractivity contribution in [2.45, 2.75) is 6.54 Å². The molecule has 0 aliphatic rings. The van der Waals surface area contributed by atoms with E-state index in [4.69, 9.17) is 4.42 Å². The Kier molecular flexibility index (Phi) is 5.44. The molecule has 0 radical (unpaired) electrons. The van der Waals surface area contributed by atoms with E-state index in [1.165, 1.54) is 6.07 Å². The van der Waals surface area contributed by atoms with Gasteiger partial charge in [-0.1, -0.05) is 60.7 Å². The maximum absolute atomic E-state index is 12.1. The second kappa shape index (κ2) is 7.51. The molecule has 0 amide bonds. The Bertz CT molecular complexity index is 817. The number of hydrogen-bond donors (Lipinski definition) is 2. The fraction of sp³-hybridized carbons (Fsp3) is 0.0556. The van der Waals surface area contributed by atoms with E-state index >= 15 is 0 Å². The Morgan fingerprint density at radius 2 is 1.57 bits per heavy atom. The molecule has 0 spiro atoms. The molecular formula is C18H16ClNO3. The van der Waals surface area contributed by atoms with E-state index in [1.807, 2.05) is 60.7 Å². The zero-order valence-corrected chi connectivity index (χ0v) is 13.0. The summed E-state index contributed by atoms with van der Waals surface area (Å²) in [6.45, 7) is 0.434. The molecule has 5 heteroatoms. The number of rotatable bonds is 4. The summed E-state index contributed by atoms with van der Waals surface area (Å²) in [6.07, 6.45) is 0. The highest BCUT2D eigenvalue weighted by atomic mass is 35.5. The summed E-state index contributed by atoms with van der Waals surface area (Å²) in [7, 11) is 0. The lowest BCUT2D eigenvalue weighted by atomic mass is 10.1. The van der Waals surface area contributed by atoms with Crippen LogP contribution in [0.5, 0.6) is 5.75 Å². The number of aromatic hydroxyl groups is 1. The number of halogens is 1. The molecule has 0 fully saturated rings. The molecule has 0 saturated carbocycles. The Morgan fingerprint density at radius 3 is 2.17 bits per heavy atom. The molecular weight excluding hydrogens is 314 g/mol. The van der Waals surface area contributed by atoms with Gasteiger partial charge >= 0.3 is 5.63 Å². The molecule has 3 rings (SSSR count). The maximum Gasteiger partial charge on any atom is 0.363 e. The first-order valence-corrected chi connectivity index (χ1v) is 6.94. The predicted molar refractivity (Wildman–Crippen MR) is 93.1 cm³/mol. The summed E-state index contributed by atoms with van der Waals surface area (Å²) in [5.74, 6) is 0.222. The summed E-state index contributed by atoms with van der Waals surface area (Å²) in [4.78, 5) is 12.1. The van der Waals surface area contributed by atoms with Crippen LogP contribution in [0, 0.1) is 0 Å². The molecule has 2 N–H and O–H groups in total. The van der Waals surface area contributed by atoms with Crippen molar-refractivity contribution in [2.24, 2.45) is 0 Å². The molecule has 2 aromatic carbocycles. The van der Waals surface area contributed by atoms with Gasteiger partial charge in [-0.25, -0.2) is 4.79 Å². The average Bonchev–Trinajstić information content (AvgIpc) is 2.56. The van der Waals surface area contributed by atoms with Crippen LogP contribution in [-0.2, 0) is 6.54 Å². The van der Waals surface area contributed by atoms with Gasteiger partial charge in [0.1, 0.15) is 11.5 Å². The number of benzene rings is 2. The fourth-order valence-corrected chi connectivity index (χ4v) is 2.17. The standard InChI is InChI=1S/C18H15NO3.ClH/c20-15-11-16(14-9-5-2-6-10-14)22-18(21)17(15)19-12-13-7-3-1-4-8-13;/h1-11,19-20H,12H2;1H. The number of hydrogen-bond acceptors (Lipinski definition) is 4. The fourth-order valence-electron chi connectivity index (χ4n) is 2.17. The first-order valence-electron chi connectivity index (χ1n) is 6.94. The van der Waals surface area contributed by atoms with Gasteiger partial charge in [-0.05, 0) is 5.56 Å². The van der Waals surface area contributed by atoms with Gasteiger partial charge in [0.25, 0.3) is 0 Å². The molecule has 1 aromatic heterocycles. The van der Waals surface area contributed by atoms with E-state index in [0.717, 1.165) is 11.1 Å². The van der Waals surface area contributed by atoms with Crippen molar-refractivity contribution in [2.75, 3.05) is 5.32 Å². The van der Waals surface area contributed by atoms with Crippen LogP contribution in [0.25, 0.3) is 11.3 Å². The molecule has 23 heavy (non-hydrogen) atoms. The molecule has 1 heterocycles. The molecule has 4 nitrogen and oxygen atoms in total. The number of anilines is 1. The first-order chi connectivity index (χ1) is 10.7. The summed E-state index contributed by atoms with van der Waals surface area (Å²) in [5.41, 5.74) is 1.23.